The molecule has 0 aliphatic heterocycles. The molecule has 0 saturated carbocycles. The van der Waals surface area contributed by atoms with E-state index in [1.54, 1.807) is 11.8 Å². The highest BCUT2D eigenvalue weighted by atomic mass is 32.2. The average molecular weight is 189 g/mol. The van der Waals surface area contributed by atoms with Gasteiger partial charge in [0.1, 0.15) is 0 Å². The second-order valence-corrected chi connectivity index (χ2v) is 3.70. The summed E-state index contributed by atoms with van der Waals surface area (Å²) in [5.41, 5.74) is 2.57. The van der Waals surface area contributed by atoms with Crippen LogP contribution < -0.4 is 0 Å². The number of hydrogen-bond donors (Lipinski definition) is 0. The Labute approximate surface area is 83.1 Å². The fraction of sp³-hybridized carbons (Fsp3) is 0.182. The number of aryl methyl sites for hydroxylation is 1. The van der Waals surface area contributed by atoms with Crippen molar-refractivity contribution in [3.8, 4) is 6.07 Å². The maximum Gasteiger partial charge on any atom is 0.0917 e. The highest BCUT2D eigenvalue weighted by Crippen LogP contribution is 2.24. The molecular weight excluding hydrogens is 178 g/mol. The third kappa shape index (κ3) is 2.64. The lowest BCUT2D eigenvalue weighted by Crippen LogP contribution is -1.82. The van der Waals surface area contributed by atoms with E-state index in [9.17, 15) is 0 Å². The zero-order valence-electron chi connectivity index (χ0n) is 7.74. The van der Waals surface area contributed by atoms with E-state index in [1.165, 1.54) is 22.1 Å². The standard InChI is InChI=1S/C11H11NS/c1-9-5-3-6-11(10(9)2)13-8-4-7-12/h3-6,8H,1-2H3. The van der Waals surface area contributed by atoms with Gasteiger partial charge in [-0.15, -0.1) is 0 Å². The van der Waals surface area contributed by atoms with Crippen molar-refractivity contribution in [2.75, 3.05) is 0 Å². The lowest BCUT2D eigenvalue weighted by atomic mass is 10.1. The number of benzene rings is 1. The van der Waals surface area contributed by atoms with Crippen LogP contribution in [0.3, 0.4) is 0 Å². The van der Waals surface area contributed by atoms with E-state index in [-0.39, 0.29) is 0 Å². The molecule has 0 unspecified atom stereocenters. The number of thioether (sulfide) groups is 1. The molecular formula is C11H11NS. The molecule has 13 heavy (non-hydrogen) atoms. The normalized spacial score (nSPS) is 10.2. The largest absolute Gasteiger partial charge is 0.193 e. The molecule has 0 spiro atoms. The van der Waals surface area contributed by atoms with Crippen LogP contribution in [0, 0.1) is 25.2 Å². The summed E-state index contributed by atoms with van der Waals surface area (Å²) in [6.45, 7) is 4.19. The lowest BCUT2D eigenvalue weighted by molar-refractivity contribution is 1.23. The van der Waals surface area contributed by atoms with Crippen LogP contribution in [0.25, 0.3) is 0 Å². The zero-order valence-corrected chi connectivity index (χ0v) is 8.56. The van der Waals surface area contributed by atoms with Crippen molar-refractivity contribution >= 4 is 11.8 Å². The molecule has 0 heterocycles. The smallest absolute Gasteiger partial charge is 0.0917 e. The molecule has 2 heteroatoms. The molecule has 0 fully saturated rings. The minimum absolute atomic E-state index is 1.21. The SMILES string of the molecule is Cc1cccc(SC=CC#N)c1C. The number of nitriles is 1. The summed E-state index contributed by atoms with van der Waals surface area (Å²) in [6, 6.07) is 8.16. The van der Waals surface area contributed by atoms with E-state index < -0.39 is 0 Å². The maximum absolute atomic E-state index is 8.32. The van der Waals surface area contributed by atoms with E-state index in [0.717, 1.165) is 0 Å². The van der Waals surface area contributed by atoms with Crippen LogP contribution in [0.5, 0.6) is 0 Å². The predicted octanol–water partition coefficient (Wildman–Crippen LogP) is 3.43. The summed E-state index contributed by atoms with van der Waals surface area (Å²) >= 11 is 1.58. The van der Waals surface area contributed by atoms with Crippen LogP contribution in [0.2, 0.25) is 0 Å². The van der Waals surface area contributed by atoms with Gasteiger partial charge < -0.3 is 0 Å². The molecule has 0 atom stereocenters. The van der Waals surface area contributed by atoms with Crippen molar-refractivity contribution in [3.05, 3.63) is 40.8 Å². The van der Waals surface area contributed by atoms with E-state index in [2.05, 4.69) is 26.0 Å². The molecule has 0 aliphatic rings. The van der Waals surface area contributed by atoms with E-state index >= 15 is 0 Å². The minimum Gasteiger partial charge on any atom is -0.193 e. The summed E-state index contributed by atoms with van der Waals surface area (Å²) < 4.78 is 0. The van der Waals surface area contributed by atoms with E-state index in [4.69, 9.17) is 5.26 Å². The molecule has 1 aromatic rings. The van der Waals surface area contributed by atoms with E-state index in [1.807, 2.05) is 17.5 Å². The summed E-state index contributed by atoms with van der Waals surface area (Å²) in [5.74, 6) is 0. The first kappa shape index (κ1) is 9.88. The lowest BCUT2D eigenvalue weighted by Gasteiger charge is -2.04. The van der Waals surface area contributed by atoms with Crippen molar-refractivity contribution in [1.82, 2.24) is 0 Å². The van der Waals surface area contributed by atoms with Crippen LogP contribution >= 0.6 is 11.8 Å². The van der Waals surface area contributed by atoms with Gasteiger partial charge in [0.2, 0.25) is 0 Å². The number of rotatable bonds is 2. The minimum atomic E-state index is 1.21. The van der Waals surface area contributed by atoms with Gasteiger partial charge in [-0.05, 0) is 36.4 Å². The second kappa shape index (κ2) is 4.74. The molecule has 0 aliphatic carbocycles. The van der Waals surface area contributed by atoms with E-state index in [0.29, 0.717) is 0 Å². The fourth-order valence-corrected chi connectivity index (χ4v) is 1.76. The van der Waals surface area contributed by atoms with Crippen LogP contribution in [-0.2, 0) is 0 Å². The molecule has 1 aromatic carbocycles. The molecule has 0 aromatic heterocycles. The topological polar surface area (TPSA) is 23.8 Å². The Morgan fingerprint density at radius 2 is 2.15 bits per heavy atom. The quantitative estimate of drug-likeness (QED) is 0.525. The number of hydrogen-bond acceptors (Lipinski definition) is 2. The third-order valence-electron chi connectivity index (χ3n) is 1.89. The van der Waals surface area contributed by atoms with Gasteiger partial charge in [-0.1, -0.05) is 23.9 Å². The van der Waals surface area contributed by atoms with Gasteiger partial charge in [0.25, 0.3) is 0 Å². The average Bonchev–Trinajstić information content (AvgIpc) is 2.13. The molecule has 0 saturated heterocycles. The summed E-state index contributed by atoms with van der Waals surface area (Å²) in [6.07, 6.45) is 1.49. The Balaban J connectivity index is 2.84. The van der Waals surface area contributed by atoms with Crippen LogP contribution in [-0.4, -0.2) is 0 Å². The van der Waals surface area contributed by atoms with Crippen molar-refractivity contribution in [2.24, 2.45) is 0 Å². The predicted molar refractivity (Wildman–Crippen MR) is 56.5 cm³/mol. The first-order chi connectivity index (χ1) is 6.25. The summed E-state index contributed by atoms with van der Waals surface area (Å²) in [7, 11) is 0. The number of nitrogens with zero attached hydrogens (tertiary/aromatic N) is 1. The van der Waals surface area contributed by atoms with Crippen LogP contribution in [0.15, 0.2) is 34.6 Å². The molecule has 1 rings (SSSR count). The van der Waals surface area contributed by atoms with Crippen molar-refractivity contribution in [3.63, 3.8) is 0 Å². The second-order valence-electron chi connectivity index (χ2n) is 2.75. The third-order valence-corrected chi connectivity index (χ3v) is 2.86. The van der Waals surface area contributed by atoms with Crippen molar-refractivity contribution in [2.45, 2.75) is 18.7 Å². The molecule has 1 nitrogen and oxygen atoms in total. The van der Waals surface area contributed by atoms with Crippen LogP contribution in [0.4, 0.5) is 0 Å². The Morgan fingerprint density at radius 3 is 2.85 bits per heavy atom. The van der Waals surface area contributed by atoms with Gasteiger partial charge in [-0.3, -0.25) is 0 Å². The Morgan fingerprint density at radius 1 is 1.38 bits per heavy atom. The molecule has 0 amide bonds. The number of allylic oxidation sites excluding steroid dienone is 1. The van der Waals surface area contributed by atoms with Crippen molar-refractivity contribution < 1.29 is 0 Å². The Bertz CT molecular complexity index is 361. The molecule has 66 valence electrons. The first-order valence-electron chi connectivity index (χ1n) is 4.03. The van der Waals surface area contributed by atoms with Gasteiger partial charge in [-0.2, -0.15) is 5.26 Å². The molecule has 0 bridgehead atoms. The van der Waals surface area contributed by atoms with Gasteiger partial charge >= 0.3 is 0 Å². The van der Waals surface area contributed by atoms with Gasteiger partial charge in [0, 0.05) is 11.0 Å². The van der Waals surface area contributed by atoms with Gasteiger partial charge in [0.15, 0.2) is 0 Å². The highest BCUT2D eigenvalue weighted by molar-refractivity contribution is 8.02. The van der Waals surface area contributed by atoms with Gasteiger partial charge in [0.05, 0.1) is 6.07 Å². The molecule has 0 N–H and O–H groups in total. The Kier molecular flexibility index (Phi) is 3.60. The van der Waals surface area contributed by atoms with Crippen LogP contribution in [0.1, 0.15) is 11.1 Å². The monoisotopic (exact) mass is 189 g/mol. The fourth-order valence-electron chi connectivity index (χ4n) is 0.990. The highest BCUT2D eigenvalue weighted by Gasteiger charge is 1.98. The summed E-state index contributed by atoms with van der Waals surface area (Å²) in [5, 5.41) is 10.1. The van der Waals surface area contributed by atoms with Crippen molar-refractivity contribution in [1.29, 1.82) is 5.26 Å². The summed E-state index contributed by atoms with van der Waals surface area (Å²) in [4.78, 5) is 1.21. The molecule has 0 radical (unpaired) electrons. The van der Waals surface area contributed by atoms with Gasteiger partial charge in [-0.25, -0.2) is 0 Å². The maximum atomic E-state index is 8.32. The Hall–Kier alpha value is -1.20. The first-order valence-corrected chi connectivity index (χ1v) is 4.91. The zero-order chi connectivity index (χ0) is 9.68.